The first-order chi connectivity index (χ1) is 17.4. The van der Waals surface area contributed by atoms with E-state index in [1.165, 1.54) is 0 Å². The van der Waals surface area contributed by atoms with Gasteiger partial charge < -0.3 is 25.4 Å². The average Bonchev–Trinajstić information content (AvgIpc) is 2.89. The molecule has 36 heavy (non-hydrogen) atoms. The average molecular weight is 502 g/mol. The van der Waals surface area contributed by atoms with Crippen LogP contribution in [0.2, 0.25) is 0 Å². The highest BCUT2D eigenvalue weighted by Crippen LogP contribution is 2.33. The predicted octanol–water partition coefficient (Wildman–Crippen LogP) is 4.51. The zero-order chi connectivity index (χ0) is 25.5. The second kappa shape index (κ2) is 11.5. The van der Waals surface area contributed by atoms with Crippen molar-refractivity contribution in [1.29, 1.82) is 0 Å². The molecular formula is C28H27N3O4S. The van der Waals surface area contributed by atoms with E-state index in [-0.39, 0.29) is 19.1 Å². The zero-order valence-electron chi connectivity index (χ0n) is 20.0. The Morgan fingerprint density at radius 1 is 1.00 bits per heavy atom. The Morgan fingerprint density at radius 3 is 2.47 bits per heavy atom. The minimum atomic E-state index is -0.564. The fourth-order valence-electron chi connectivity index (χ4n) is 3.86. The van der Waals surface area contributed by atoms with E-state index in [2.05, 4.69) is 16.0 Å². The number of ether oxygens (including phenoxy) is 2. The summed E-state index contributed by atoms with van der Waals surface area (Å²) in [5.41, 5.74) is 4.45. The van der Waals surface area contributed by atoms with Crippen molar-refractivity contribution in [3.05, 3.63) is 101 Å². The van der Waals surface area contributed by atoms with Gasteiger partial charge >= 0.3 is 5.97 Å². The zero-order valence-corrected chi connectivity index (χ0v) is 20.9. The molecular weight excluding hydrogens is 474 g/mol. The van der Waals surface area contributed by atoms with Gasteiger partial charge in [-0.2, -0.15) is 0 Å². The number of rotatable bonds is 8. The van der Waals surface area contributed by atoms with Crippen LogP contribution >= 0.6 is 12.2 Å². The molecule has 3 aromatic rings. The molecule has 0 radical (unpaired) electrons. The molecule has 0 fully saturated rings. The van der Waals surface area contributed by atoms with Crippen molar-refractivity contribution in [2.45, 2.75) is 19.9 Å². The SMILES string of the molecule is CCOC(=O)COc1cccc([C@@H]2NC(=S)NC(c3ccccc3)=C2C(=O)Nc2ccc(C)cc2)c1. The molecule has 0 bridgehead atoms. The molecule has 0 saturated carbocycles. The number of nitrogens with one attached hydrogen (secondary N) is 3. The molecule has 4 rings (SSSR count). The topological polar surface area (TPSA) is 88.7 Å². The van der Waals surface area contributed by atoms with Crippen molar-refractivity contribution in [3.63, 3.8) is 0 Å². The predicted molar refractivity (Wildman–Crippen MR) is 143 cm³/mol. The van der Waals surface area contributed by atoms with Crippen molar-refractivity contribution < 1.29 is 19.1 Å². The van der Waals surface area contributed by atoms with E-state index in [9.17, 15) is 9.59 Å². The Labute approximate surface area is 215 Å². The summed E-state index contributed by atoms with van der Waals surface area (Å²) in [5.74, 6) is -0.247. The molecule has 0 aliphatic carbocycles. The molecule has 0 spiro atoms. The number of anilines is 1. The lowest BCUT2D eigenvalue weighted by Crippen LogP contribution is -2.45. The quantitative estimate of drug-likeness (QED) is 0.309. The lowest BCUT2D eigenvalue weighted by atomic mass is 9.92. The highest BCUT2D eigenvalue weighted by atomic mass is 32.1. The van der Waals surface area contributed by atoms with Gasteiger partial charge in [-0.15, -0.1) is 0 Å². The second-order valence-electron chi connectivity index (χ2n) is 8.17. The number of carbonyl (C=O) groups is 2. The van der Waals surface area contributed by atoms with E-state index in [0.717, 1.165) is 16.7 Å². The molecule has 3 aromatic carbocycles. The Morgan fingerprint density at radius 2 is 1.75 bits per heavy atom. The number of hydrogen-bond acceptors (Lipinski definition) is 5. The first kappa shape index (κ1) is 24.9. The number of thiocarbonyl (C=S) groups is 1. The van der Waals surface area contributed by atoms with Gasteiger partial charge in [-0.25, -0.2) is 4.79 Å². The largest absolute Gasteiger partial charge is 0.482 e. The van der Waals surface area contributed by atoms with Crippen molar-refractivity contribution in [1.82, 2.24) is 10.6 Å². The molecule has 1 amide bonds. The maximum Gasteiger partial charge on any atom is 0.344 e. The van der Waals surface area contributed by atoms with Crippen LogP contribution in [0.3, 0.4) is 0 Å². The van der Waals surface area contributed by atoms with Crippen LogP contribution < -0.4 is 20.7 Å². The Balaban J connectivity index is 1.72. The Bertz CT molecular complexity index is 1290. The van der Waals surface area contributed by atoms with Crippen molar-refractivity contribution in [2.24, 2.45) is 0 Å². The highest BCUT2D eigenvalue weighted by molar-refractivity contribution is 7.80. The van der Waals surface area contributed by atoms with Crippen LogP contribution in [0.1, 0.15) is 29.7 Å². The molecule has 1 heterocycles. The minimum Gasteiger partial charge on any atom is -0.482 e. The summed E-state index contributed by atoms with van der Waals surface area (Å²) in [5, 5.41) is 9.80. The standard InChI is InChI=1S/C28H27N3O4S/c1-3-34-23(32)17-35-22-11-7-10-20(16-22)26-24(27(33)29-21-14-12-18(2)13-15-21)25(30-28(36)31-26)19-8-5-4-6-9-19/h4-16,26H,3,17H2,1-2H3,(H,29,33)(H2,30,31,36)/t26-/m0/s1. The van der Waals surface area contributed by atoms with Crippen molar-refractivity contribution in [3.8, 4) is 5.75 Å². The molecule has 1 aliphatic rings. The van der Waals surface area contributed by atoms with E-state index < -0.39 is 12.0 Å². The molecule has 1 atom stereocenters. The summed E-state index contributed by atoms with van der Waals surface area (Å²) in [4.78, 5) is 25.5. The molecule has 8 heteroatoms. The van der Waals surface area contributed by atoms with Gasteiger partial charge in [0.05, 0.1) is 23.9 Å². The molecule has 0 saturated heterocycles. The Kier molecular flexibility index (Phi) is 7.97. The smallest absolute Gasteiger partial charge is 0.344 e. The number of hydrogen-bond donors (Lipinski definition) is 3. The first-order valence-corrected chi connectivity index (χ1v) is 12.0. The fourth-order valence-corrected chi connectivity index (χ4v) is 4.08. The van der Waals surface area contributed by atoms with Gasteiger partial charge in [0, 0.05) is 5.69 Å². The molecule has 1 aliphatic heterocycles. The maximum absolute atomic E-state index is 13.7. The number of esters is 1. The van der Waals surface area contributed by atoms with Crippen LogP contribution in [0.4, 0.5) is 5.69 Å². The third kappa shape index (κ3) is 6.09. The minimum absolute atomic E-state index is 0.207. The first-order valence-electron chi connectivity index (χ1n) is 11.6. The van der Waals surface area contributed by atoms with Crippen LogP contribution in [-0.4, -0.2) is 30.2 Å². The lowest BCUT2D eigenvalue weighted by molar-refractivity contribution is -0.145. The van der Waals surface area contributed by atoms with Crippen molar-refractivity contribution >= 4 is 40.6 Å². The third-order valence-electron chi connectivity index (χ3n) is 5.54. The van der Waals surface area contributed by atoms with Crippen LogP contribution in [-0.2, 0) is 14.3 Å². The van der Waals surface area contributed by atoms with Gasteiger partial charge in [0.25, 0.3) is 5.91 Å². The van der Waals surface area contributed by atoms with Gasteiger partial charge in [-0.3, -0.25) is 4.79 Å². The van der Waals surface area contributed by atoms with E-state index in [1.807, 2.05) is 67.6 Å². The van der Waals surface area contributed by atoms with Crippen LogP contribution in [0, 0.1) is 6.92 Å². The van der Waals surface area contributed by atoms with Gasteiger partial charge in [0.1, 0.15) is 5.75 Å². The summed E-state index contributed by atoms with van der Waals surface area (Å²) >= 11 is 5.51. The normalized spacial score (nSPS) is 14.9. The molecule has 3 N–H and O–H groups in total. The highest BCUT2D eigenvalue weighted by Gasteiger charge is 2.32. The van der Waals surface area contributed by atoms with E-state index >= 15 is 0 Å². The van der Waals surface area contributed by atoms with Gasteiger partial charge in [0.2, 0.25) is 0 Å². The monoisotopic (exact) mass is 501 g/mol. The van der Waals surface area contributed by atoms with Crippen LogP contribution in [0.15, 0.2) is 84.4 Å². The lowest BCUT2D eigenvalue weighted by Gasteiger charge is -2.32. The third-order valence-corrected chi connectivity index (χ3v) is 5.76. The number of amides is 1. The van der Waals surface area contributed by atoms with Gasteiger partial charge in [-0.1, -0.05) is 60.2 Å². The molecule has 0 unspecified atom stereocenters. The van der Waals surface area contributed by atoms with Crippen LogP contribution in [0.25, 0.3) is 5.70 Å². The Hall–Kier alpha value is -4.17. The fraction of sp³-hybridized carbons (Fsp3) is 0.179. The summed E-state index contributed by atoms with van der Waals surface area (Å²) in [7, 11) is 0. The van der Waals surface area contributed by atoms with Crippen LogP contribution in [0.5, 0.6) is 5.75 Å². The summed E-state index contributed by atoms with van der Waals surface area (Å²) in [6.07, 6.45) is 0. The summed E-state index contributed by atoms with van der Waals surface area (Å²) in [6.45, 7) is 3.81. The number of aryl methyl sites for hydroxylation is 1. The summed E-state index contributed by atoms with van der Waals surface area (Å²) < 4.78 is 10.6. The molecule has 184 valence electrons. The van der Waals surface area contributed by atoms with Gasteiger partial charge in [-0.05, 0) is 61.5 Å². The van der Waals surface area contributed by atoms with E-state index in [4.69, 9.17) is 21.7 Å². The second-order valence-corrected chi connectivity index (χ2v) is 8.58. The maximum atomic E-state index is 13.7. The summed E-state index contributed by atoms with van der Waals surface area (Å²) in [6, 6.07) is 23.8. The van der Waals surface area contributed by atoms with Crippen molar-refractivity contribution in [2.75, 3.05) is 18.5 Å². The van der Waals surface area contributed by atoms with E-state index in [1.54, 1.807) is 25.1 Å². The number of benzene rings is 3. The molecule has 0 aromatic heterocycles. The van der Waals surface area contributed by atoms with Gasteiger partial charge in [0.15, 0.2) is 11.7 Å². The number of carbonyl (C=O) groups excluding carboxylic acids is 2. The van der Waals surface area contributed by atoms with E-state index in [0.29, 0.717) is 27.8 Å². The molecule has 7 nitrogen and oxygen atoms in total.